The van der Waals surface area contributed by atoms with Crippen LogP contribution in [-0.2, 0) is 6.42 Å². The molecule has 3 rings (SSSR count). The summed E-state index contributed by atoms with van der Waals surface area (Å²) in [6, 6.07) is 9.77. The van der Waals surface area contributed by atoms with Gasteiger partial charge in [-0.2, -0.15) is 0 Å². The van der Waals surface area contributed by atoms with Gasteiger partial charge in [-0.25, -0.2) is 8.78 Å². The van der Waals surface area contributed by atoms with Crippen molar-refractivity contribution in [3.05, 3.63) is 65.6 Å². The molecule has 0 fully saturated rings. The van der Waals surface area contributed by atoms with Crippen LogP contribution in [0.25, 0.3) is 5.65 Å². The zero-order chi connectivity index (χ0) is 17.1. The SMILES string of the molecule is CC(C)[C@@H](NCCc1nnc2ccccn12)c1ccc(F)c(F)c1. The highest BCUT2D eigenvalue weighted by molar-refractivity contribution is 5.37. The summed E-state index contributed by atoms with van der Waals surface area (Å²) in [5.41, 5.74) is 1.56. The molecular formula is C18H20F2N4. The van der Waals surface area contributed by atoms with Crippen molar-refractivity contribution in [2.75, 3.05) is 6.54 Å². The van der Waals surface area contributed by atoms with Crippen LogP contribution in [-0.4, -0.2) is 21.1 Å². The zero-order valence-corrected chi connectivity index (χ0v) is 13.7. The van der Waals surface area contributed by atoms with E-state index in [-0.39, 0.29) is 12.0 Å². The molecule has 1 aromatic carbocycles. The number of nitrogens with zero attached hydrogens (tertiary/aromatic N) is 3. The van der Waals surface area contributed by atoms with Crippen LogP contribution in [0.1, 0.15) is 31.3 Å². The van der Waals surface area contributed by atoms with Gasteiger partial charge in [0.15, 0.2) is 17.3 Å². The molecule has 0 saturated carbocycles. The highest BCUT2D eigenvalue weighted by atomic mass is 19.2. The number of fused-ring (bicyclic) bond motifs is 1. The molecule has 24 heavy (non-hydrogen) atoms. The highest BCUT2D eigenvalue weighted by Gasteiger charge is 2.17. The Kier molecular flexibility index (Phi) is 4.85. The average molecular weight is 330 g/mol. The number of hydrogen-bond acceptors (Lipinski definition) is 3. The monoisotopic (exact) mass is 330 g/mol. The summed E-state index contributed by atoms with van der Waals surface area (Å²) in [5, 5.41) is 11.7. The number of benzene rings is 1. The third-order valence-electron chi connectivity index (χ3n) is 4.07. The van der Waals surface area contributed by atoms with Gasteiger partial charge < -0.3 is 5.32 Å². The average Bonchev–Trinajstić information content (AvgIpc) is 2.97. The van der Waals surface area contributed by atoms with Gasteiger partial charge in [-0.05, 0) is 35.7 Å². The lowest BCUT2D eigenvalue weighted by molar-refractivity contribution is 0.408. The summed E-state index contributed by atoms with van der Waals surface area (Å²) >= 11 is 0. The number of aromatic nitrogens is 3. The Bertz CT molecular complexity index is 829. The molecule has 0 aliphatic carbocycles. The summed E-state index contributed by atoms with van der Waals surface area (Å²) in [6.07, 6.45) is 2.62. The van der Waals surface area contributed by atoms with E-state index in [2.05, 4.69) is 15.5 Å². The van der Waals surface area contributed by atoms with Gasteiger partial charge in [0.2, 0.25) is 0 Å². The van der Waals surface area contributed by atoms with Crippen LogP contribution in [0.4, 0.5) is 8.78 Å². The Morgan fingerprint density at radius 1 is 1.08 bits per heavy atom. The Morgan fingerprint density at radius 3 is 2.67 bits per heavy atom. The standard InChI is InChI=1S/C18H20F2N4/c1-12(2)18(13-6-7-14(19)15(20)11-13)21-9-8-17-23-22-16-5-3-4-10-24(16)17/h3-7,10-12,18,21H,8-9H2,1-2H3/t18-/m1/s1. The zero-order valence-electron chi connectivity index (χ0n) is 13.7. The molecule has 2 heterocycles. The minimum absolute atomic E-state index is 0.0562. The second kappa shape index (κ2) is 7.05. The molecule has 0 saturated heterocycles. The number of rotatable bonds is 6. The predicted octanol–water partition coefficient (Wildman–Crippen LogP) is 3.54. The van der Waals surface area contributed by atoms with Crippen LogP contribution in [0.5, 0.6) is 0 Å². The molecule has 3 aromatic rings. The summed E-state index contributed by atoms with van der Waals surface area (Å²) in [5.74, 6) is -0.532. The lowest BCUT2D eigenvalue weighted by Crippen LogP contribution is -2.28. The maximum atomic E-state index is 13.5. The third-order valence-corrected chi connectivity index (χ3v) is 4.07. The van der Waals surface area contributed by atoms with Crippen molar-refractivity contribution in [3.63, 3.8) is 0 Å². The first-order chi connectivity index (χ1) is 11.6. The minimum atomic E-state index is -0.823. The molecule has 4 nitrogen and oxygen atoms in total. The van der Waals surface area contributed by atoms with Crippen molar-refractivity contribution < 1.29 is 8.78 Å². The molecule has 0 bridgehead atoms. The van der Waals surface area contributed by atoms with Crippen LogP contribution >= 0.6 is 0 Å². The van der Waals surface area contributed by atoms with E-state index in [1.54, 1.807) is 6.07 Å². The maximum absolute atomic E-state index is 13.5. The number of halogens is 2. The molecule has 0 radical (unpaired) electrons. The van der Waals surface area contributed by atoms with Gasteiger partial charge in [-0.1, -0.05) is 26.0 Å². The van der Waals surface area contributed by atoms with Crippen LogP contribution in [0.3, 0.4) is 0 Å². The summed E-state index contributed by atoms with van der Waals surface area (Å²) in [7, 11) is 0. The molecule has 0 aliphatic rings. The molecule has 0 amide bonds. The van der Waals surface area contributed by atoms with Crippen molar-refractivity contribution >= 4 is 5.65 Å². The number of nitrogens with one attached hydrogen (secondary N) is 1. The molecule has 1 atom stereocenters. The van der Waals surface area contributed by atoms with Crippen LogP contribution in [0, 0.1) is 17.6 Å². The molecule has 6 heteroatoms. The van der Waals surface area contributed by atoms with Gasteiger partial charge in [0.25, 0.3) is 0 Å². The van der Waals surface area contributed by atoms with Gasteiger partial charge in [0.1, 0.15) is 5.82 Å². The van der Waals surface area contributed by atoms with Gasteiger partial charge in [0, 0.05) is 25.2 Å². The summed E-state index contributed by atoms with van der Waals surface area (Å²) in [4.78, 5) is 0. The van der Waals surface area contributed by atoms with Crippen LogP contribution in [0.2, 0.25) is 0 Å². The van der Waals surface area contributed by atoms with Crippen LogP contribution < -0.4 is 5.32 Å². The van der Waals surface area contributed by atoms with Crippen molar-refractivity contribution in [2.45, 2.75) is 26.3 Å². The second-order valence-corrected chi connectivity index (χ2v) is 6.14. The van der Waals surface area contributed by atoms with Gasteiger partial charge in [0.05, 0.1) is 0 Å². The lowest BCUT2D eigenvalue weighted by atomic mass is 9.95. The highest BCUT2D eigenvalue weighted by Crippen LogP contribution is 2.23. The smallest absolute Gasteiger partial charge is 0.160 e. The van der Waals surface area contributed by atoms with E-state index in [4.69, 9.17) is 0 Å². The van der Waals surface area contributed by atoms with E-state index in [1.165, 1.54) is 12.1 Å². The van der Waals surface area contributed by atoms with E-state index in [0.717, 1.165) is 17.0 Å². The fraction of sp³-hybridized carbons (Fsp3) is 0.333. The fourth-order valence-electron chi connectivity index (χ4n) is 2.85. The minimum Gasteiger partial charge on any atom is -0.309 e. The Labute approximate surface area is 139 Å². The van der Waals surface area contributed by atoms with E-state index >= 15 is 0 Å². The first-order valence-electron chi connectivity index (χ1n) is 8.03. The van der Waals surface area contributed by atoms with Gasteiger partial charge >= 0.3 is 0 Å². The topological polar surface area (TPSA) is 42.2 Å². The summed E-state index contributed by atoms with van der Waals surface area (Å²) < 4.78 is 28.6. The van der Waals surface area contributed by atoms with Gasteiger partial charge in [-0.3, -0.25) is 4.40 Å². The summed E-state index contributed by atoms with van der Waals surface area (Å²) in [6.45, 7) is 4.76. The lowest BCUT2D eigenvalue weighted by Gasteiger charge is -2.23. The fourth-order valence-corrected chi connectivity index (χ4v) is 2.85. The molecule has 126 valence electrons. The van der Waals surface area contributed by atoms with Crippen molar-refractivity contribution in [1.29, 1.82) is 0 Å². The second-order valence-electron chi connectivity index (χ2n) is 6.14. The largest absolute Gasteiger partial charge is 0.309 e. The Morgan fingerprint density at radius 2 is 1.92 bits per heavy atom. The molecular weight excluding hydrogens is 310 g/mol. The van der Waals surface area contributed by atoms with E-state index < -0.39 is 11.6 Å². The molecule has 2 aromatic heterocycles. The van der Waals surface area contributed by atoms with E-state index in [1.807, 2.05) is 42.6 Å². The maximum Gasteiger partial charge on any atom is 0.160 e. The van der Waals surface area contributed by atoms with Crippen molar-refractivity contribution in [1.82, 2.24) is 19.9 Å². The Balaban J connectivity index is 1.69. The predicted molar refractivity (Wildman–Crippen MR) is 88.6 cm³/mol. The Hall–Kier alpha value is -2.34. The van der Waals surface area contributed by atoms with Crippen molar-refractivity contribution in [3.8, 4) is 0 Å². The number of hydrogen-bond donors (Lipinski definition) is 1. The molecule has 0 unspecified atom stereocenters. The first-order valence-corrected chi connectivity index (χ1v) is 8.03. The quantitative estimate of drug-likeness (QED) is 0.752. The van der Waals surface area contributed by atoms with Gasteiger partial charge in [-0.15, -0.1) is 10.2 Å². The van der Waals surface area contributed by atoms with Crippen LogP contribution in [0.15, 0.2) is 42.6 Å². The molecule has 0 aliphatic heterocycles. The third kappa shape index (κ3) is 3.43. The van der Waals surface area contributed by atoms with E-state index in [0.29, 0.717) is 13.0 Å². The normalized spacial score (nSPS) is 12.9. The molecule has 1 N–H and O–H groups in total. The first kappa shape index (κ1) is 16.5. The number of pyridine rings is 1. The van der Waals surface area contributed by atoms with Crippen molar-refractivity contribution in [2.24, 2.45) is 5.92 Å². The van der Waals surface area contributed by atoms with E-state index in [9.17, 15) is 8.78 Å². The molecule has 0 spiro atoms.